The molecule has 1 fully saturated rings. The number of carbonyl (C=O) groups is 1. The van der Waals surface area contributed by atoms with Crippen LogP contribution >= 0.6 is 0 Å². The summed E-state index contributed by atoms with van der Waals surface area (Å²) >= 11 is 0. The smallest absolute Gasteiger partial charge is 0.415 e. The maximum atomic E-state index is 11.4. The van der Waals surface area contributed by atoms with Crippen molar-refractivity contribution in [2.75, 3.05) is 24.6 Å². The summed E-state index contributed by atoms with van der Waals surface area (Å²) in [4.78, 5) is 27.6. The van der Waals surface area contributed by atoms with E-state index in [4.69, 9.17) is 9.47 Å². The molecule has 2 aromatic rings. The van der Waals surface area contributed by atoms with Gasteiger partial charge in [-0.05, 0) is 36.1 Å². The summed E-state index contributed by atoms with van der Waals surface area (Å²) in [5, 5.41) is 10.8. The average molecular weight is 372 g/mol. The Kier molecular flexibility index (Phi) is 4.21. The first-order valence-electron chi connectivity index (χ1n) is 8.82. The number of aromatic nitrogens is 2. The van der Waals surface area contributed by atoms with Crippen LogP contribution in [0.3, 0.4) is 0 Å². The summed E-state index contributed by atoms with van der Waals surface area (Å²) in [6.07, 6.45) is 2.57. The van der Waals surface area contributed by atoms with Crippen molar-refractivity contribution in [1.29, 1.82) is 0 Å². The molecule has 0 aliphatic carbocycles. The molecule has 9 nitrogen and oxygen atoms in total. The van der Waals surface area contributed by atoms with Crippen molar-refractivity contribution in [3.63, 3.8) is 0 Å². The lowest BCUT2D eigenvalue weighted by Gasteiger charge is -2.28. The highest BCUT2D eigenvalue weighted by atomic mass is 16.6. The zero-order valence-electron chi connectivity index (χ0n) is 15.0. The Balaban J connectivity index is 1.34. The largest absolute Gasteiger partial charge is 0.489 e. The van der Waals surface area contributed by atoms with Crippen molar-refractivity contribution >= 4 is 17.3 Å². The molecule has 0 N–H and O–H groups in total. The molecule has 9 heteroatoms. The molecule has 1 atom stereocenters. The molecule has 2 aliphatic rings. The third-order valence-corrected chi connectivity index (χ3v) is 4.82. The lowest BCUT2D eigenvalue weighted by atomic mass is 10.1. The van der Waals surface area contributed by atoms with Gasteiger partial charge in [-0.25, -0.2) is 0 Å². The third kappa shape index (κ3) is 3.57. The summed E-state index contributed by atoms with van der Waals surface area (Å²) in [7, 11) is 0. The number of Topliss-reactive ketones (excluding diaryl/α,β-unsaturated/α-hetero) is 1. The normalized spacial score (nSPS) is 21.7. The van der Waals surface area contributed by atoms with Crippen LogP contribution < -0.4 is 14.4 Å². The highest BCUT2D eigenvalue weighted by Gasteiger charge is 2.41. The van der Waals surface area contributed by atoms with Crippen LogP contribution in [0.4, 0.5) is 11.5 Å². The quantitative estimate of drug-likeness (QED) is 0.586. The van der Waals surface area contributed by atoms with Crippen LogP contribution in [0.25, 0.3) is 0 Å². The van der Waals surface area contributed by atoms with Gasteiger partial charge in [0, 0.05) is 36.6 Å². The molecule has 27 heavy (non-hydrogen) atoms. The molecular formula is C18H20N4O5. The number of nitrogens with zero attached hydrogens (tertiary/aromatic N) is 4. The number of ketones is 1. The number of benzene rings is 1. The van der Waals surface area contributed by atoms with Gasteiger partial charge in [0.05, 0.1) is 6.54 Å². The molecule has 4 rings (SSSR count). The number of nitro groups is 1. The van der Waals surface area contributed by atoms with E-state index in [2.05, 4.69) is 9.88 Å². The highest BCUT2D eigenvalue weighted by molar-refractivity contribution is 5.81. The van der Waals surface area contributed by atoms with Gasteiger partial charge in [0.15, 0.2) is 5.60 Å². The molecular weight excluding hydrogens is 352 g/mol. The Labute approximate surface area is 155 Å². The zero-order chi connectivity index (χ0) is 19.0. The topological polar surface area (TPSA) is 99.7 Å². The first-order chi connectivity index (χ1) is 12.9. The Morgan fingerprint density at radius 2 is 2.00 bits per heavy atom. The maximum absolute atomic E-state index is 11.4. The summed E-state index contributed by atoms with van der Waals surface area (Å²) in [5.41, 5.74) is 0.439. The minimum absolute atomic E-state index is 0.219. The zero-order valence-corrected chi connectivity index (χ0v) is 15.0. The van der Waals surface area contributed by atoms with Crippen molar-refractivity contribution in [1.82, 2.24) is 9.55 Å². The summed E-state index contributed by atoms with van der Waals surface area (Å²) in [6.45, 7) is 4.11. The van der Waals surface area contributed by atoms with Gasteiger partial charge in [-0.1, -0.05) is 0 Å². The van der Waals surface area contributed by atoms with Crippen LogP contribution in [0.1, 0.15) is 19.8 Å². The maximum Gasteiger partial charge on any atom is 0.415 e. The fourth-order valence-electron chi connectivity index (χ4n) is 3.36. The van der Waals surface area contributed by atoms with Crippen molar-refractivity contribution in [2.45, 2.75) is 31.9 Å². The average Bonchev–Trinajstić information content (AvgIpc) is 3.17. The van der Waals surface area contributed by atoms with Crippen LogP contribution in [-0.4, -0.2) is 45.6 Å². The van der Waals surface area contributed by atoms with E-state index in [0.29, 0.717) is 37.5 Å². The van der Waals surface area contributed by atoms with E-state index >= 15 is 0 Å². The molecule has 0 radical (unpaired) electrons. The van der Waals surface area contributed by atoms with Gasteiger partial charge >= 0.3 is 11.8 Å². The Morgan fingerprint density at radius 3 is 2.63 bits per heavy atom. The predicted octanol–water partition coefficient (Wildman–Crippen LogP) is 2.19. The van der Waals surface area contributed by atoms with Crippen molar-refractivity contribution in [2.24, 2.45) is 0 Å². The van der Waals surface area contributed by atoms with Crippen molar-refractivity contribution < 1.29 is 19.2 Å². The third-order valence-electron chi connectivity index (χ3n) is 4.82. The Hall–Kier alpha value is -3.10. The lowest BCUT2D eigenvalue weighted by Crippen LogP contribution is -2.38. The van der Waals surface area contributed by atoms with Gasteiger partial charge in [0.2, 0.25) is 0 Å². The minimum atomic E-state index is -0.636. The monoisotopic (exact) mass is 372 g/mol. The van der Waals surface area contributed by atoms with Gasteiger partial charge in [0.1, 0.15) is 24.3 Å². The van der Waals surface area contributed by atoms with E-state index in [1.54, 1.807) is 4.57 Å². The second-order valence-corrected chi connectivity index (χ2v) is 7.13. The van der Waals surface area contributed by atoms with Crippen LogP contribution in [0.15, 0.2) is 30.5 Å². The number of fused-ring (bicyclic) bond motifs is 1. The number of piperidine rings is 1. The number of ether oxygens (including phenoxy) is 2. The van der Waals surface area contributed by atoms with Crippen molar-refractivity contribution in [3.05, 3.63) is 40.6 Å². The number of carbonyl (C=O) groups excluding carboxylic acids is 1. The predicted molar refractivity (Wildman–Crippen MR) is 96.3 cm³/mol. The van der Waals surface area contributed by atoms with Gasteiger partial charge < -0.3 is 24.5 Å². The standard InChI is InChI=1S/C18H20N4O5/c1-18(11-21-10-16(22(24)25)19-17(21)27-18)12-26-15-4-2-13(3-5-15)20-8-6-14(23)7-9-20/h2-5,10H,6-9,11-12H2,1H3/t18-/m1/s1. The van der Waals surface area contributed by atoms with E-state index in [1.165, 1.54) is 6.20 Å². The first kappa shape index (κ1) is 17.3. The minimum Gasteiger partial charge on any atom is -0.489 e. The Bertz CT molecular complexity index is 843. The first-order valence-corrected chi connectivity index (χ1v) is 8.82. The number of hydrogen-bond acceptors (Lipinski definition) is 7. The van der Waals surface area contributed by atoms with E-state index in [0.717, 1.165) is 18.8 Å². The fraction of sp³-hybridized carbons (Fsp3) is 0.444. The molecule has 0 saturated carbocycles. The summed E-state index contributed by atoms with van der Waals surface area (Å²) in [5.74, 6) is 0.816. The number of imidazole rings is 1. The second-order valence-electron chi connectivity index (χ2n) is 7.13. The van der Waals surface area contributed by atoms with Gasteiger partial charge in [-0.2, -0.15) is 0 Å². The van der Waals surface area contributed by atoms with Crippen LogP contribution in [0, 0.1) is 10.1 Å². The number of rotatable bonds is 5. The molecule has 0 amide bonds. The van der Waals surface area contributed by atoms with E-state index in [1.807, 2.05) is 31.2 Å². The molecule has 142 valence electrons. The molecule has 1 saturated heterocycles. The molecule has 0 unspecified atom stereocenters. The number of hydrogen-bond donors (Lipinski definition) is 0. The summed E-state index contributed by atoms with van der Waals surface area (Å²) < 4.78 is 13.2. The molecule has 0 bridgehead atoms. The molecule has 2 aliphatic heterocycles. The van der Waals surface area contributed by atoms with E-state index < -0.39 is 10.5 Å². The molecule has 3 heterocycles. The fourth-order valence-corrected chi connectivity index (χ4v) is 3.36. The second kappa shape index (κ2) is 6.57. The summed E-state index contributed by atoms with van der Waals surface area (Å²) in [6, 6.07) is 8.00. The lowest BCUT2D eigenvalue weighted by molar-refractivity contribution is -0.389. The molecule has 0 spiro atoms. The van der Waals surface area contributed by atoms with Gasteiger partial charge in [-0.15, -0.1) is 0 Å². The van der Waals surface area contributed by atoms with E-state index in [-0.39, 0.29) is 11.8 Å². The van der Waals surface area contributed by atoms with Gasteiger partial charge in [0.25, 0.3) is 0 Å². The van der Waals surface area contributed by atoms with E-state index in [9.17, 15) is 14.9 Å². The number of anilines is 1. The molecule has 1 aromatic heterocycles. The van der Waals surface area contributed by atoms with Crippen LogP contribution in [0.2, 0.25) is 0 Å². The molecule has 1 aromatic carbocycles. The van der Waals surface area contributed by atoms with Gasteiger partial charge in [-0.3, -0.25) is 9.36 Å². The Morgan fingerprint density at radius 1 is 1.30 bits per heavy atom. The SMILES string of the molecule is C[C@]1(COc2ccc(N3CCC(=O)CC3)cc2)Cn2cc([N+](=O)[O-])nc2O1. The van der Waals surface area contributed by atoms with Crippen LogP contribution in [0.5, 0.6) is 11.8 Å². The van der Waals surface area contributed by atoms with Crippen molar-refractivity contribution in [3.8, 4) is 11.8 Å². The van der Waals surface area contributed by atoms with Crippen LogP contribution in [-0.2, 0) is 11.3 Å². The highest BCUT2D eigenvalue weighted by Crippen LogP contribution is 2.31.